The van der Waals surface area contributed by atoms with Gasteiger partial charge in [-0.3, -0.25) is 4.79 Å². The zero-order valence-electron chi connectivity index (χ0n) is 12.9. The van der Waals surface area contributed by atoms with Gasteiger partial charge in [0.2, 0.25) is 0 Å². The summed E-state index contributed by atoms with van der Waals surface area (Å²) in [5.74, 6) is -3.78. The third-order valence-electron chi connectivity index (χ3n) is 3.27. The summed E-state index contributed by atoms with van der Waals surface area (Å²) < 4.78 is 42.5. The van der Waals surface area contributed by atoms with E-state index in [0.29, 0.717) is 11.3 Å². The molecule has 3 aromatic rings. The second kappa shape index (κ2) is 6.82. The Hall–Kier alpha value is -3.44. The smallest absolute Gasteiger partial charge is 0.386 e. The number of pyridine rings is 1. The first kappa shape index (κ1) is 17.4. The predicted octanol–water partition coefficient (Wildman–Crippen LogP) is 0.496. The first-order chi connectivity index (χ1) is 12.3. The van der Waals surface area contributed by atoms with Crippen molar-refractivity contribution in [3.8, 4) is 11.3 Å². The summed E-state index contributed by atoms with van der Waals surface area (Å²) in [5.41, 5.74) is 1.84. The summed E-state index contributed by atoms with van der Waals surface area (Å²) in [4.78, 5) is 21.8. The summed E-state index contributed by atoms with van der Waals surface area (Å²) in [6.45, 7) is 0.0453. The van der Waals surface area contributed by atoms with Crippen molar-refractivity contribution in [1.29, 1.82) is 0 Å². The molecule has 0 atom stereocenters. The number of aromatic nitrogens is 6. The average molecular weight is 367 g/mol. The molecule has 9 nitrogen and oxygen atoms in total. The van der Waals surface area contributed by atoms with E-state index in [0.717, 1.165) is 5.56 Å². The topological polar surface area (TPSA) is 103 Å². The number of carbonyl (C=O) groups excluding carboxylic acids is 2. The van der Waals surface area contributed by atoms with Gasteiger partial charge >= 0.3 is 18.1 Å². The Labute approximate surface area is 143 Å². The van der Waals surface area contributed by atoms with E-state index in [4.69, 9.17) is 0 Å². The molecule has 0 aliphatic rings. The second-order valence-corrected chi connectivity index (χ2v) is 5.08. The van der Waals surface area contributed by atoms with Gasteiger partial charge in [-0.2, -0.15) is 13.2 Å². The first-order valence-corrected chi connectivity index (χ1v) is 7.20. The molecule has 3 rings (SSSR count). The number of alkyl halides is 3. The van der Waals surface area contributed by atoms with Gasteiger partial charge in [-0.25, -0.2) is 9.36 Å². The van der Waals surface area contributed by atoms with Crippen LogP contribution in [0.5, 0.6) is 0 Å². The van der Waals surface area contributed by atoms with Crippen molar-refractivity contribution >= 4 is 17.6 Å². The van der Waals surface area contributed by atoms with Gasteiger partial charge in [-0.1, -0.05) is 0 Å². The lowest BCUT2D eigenvalue weighted by atomic mass is 10.2. The maximum absolute atomic E-state index is 12.0. The van der Waals surface area contributed by atoms with E-state index >= 15 is 0 Å². The van der Waals surface area contributed by atoms with Crippen LogP contribution >= 0.6 is 0 Å². The van der Waals surface area contributed by atoms with Gasteiger partial charge < -0.3 is 4.74 Å². The zero-order valence-corrected chi connectivity index (χ0v) is 12.9. The maximum Gasteiger partial charge on any atom is 0.491 e. The van der Waals surface area contributed by atoms with Crippen LogP contribution in [0, 0.1) is 0 Å². The first-order valence-electron chi connectivity index (χ1n) is 7.20. The number of rotatable bonds is 4. The van der Waals surface area contributed by atoms with Gasteiger partial charge in [0.05, 0.1) is 5.69 Å². The number of hydrogen-bond donors (Lipinski definition) is 0. The number of ether oxygens (including phenoxy) is 1. The molecule has 0 unspecified atom stereocenters. The average Bonchev–Trinajstić information content (AvgIpc) is 3.07. The lowest BCUT2D eigenvalue weighted by Crippen LogP contribution is -2.35. The summed E-state index contributed by atoms with van der Waals surface area (Å²) >= 11 is 0. The molecule has 0 aliphatic heterocycles. The van der Waals surface area contributed by atoms with E-state index in [2.05, 4.69) is 25.4 Å². The van der Waals surface area contributed by atoms with Crippen molar-refractivity contribution < 1.29 is 32.1 Å². The van der Waals surface area contributed by atoms with Crippen LogP contribution < -0.4 is 4.57 Å². The molecule has 0 bridgehead atoms. The monoisotopic (exact) mass is 367 g/mol. The van der Waals surface area contributed by atoms with Gasteiger partial charge in [0.15, 0.2) is 24.6 Å². The molecule has 0 fully saturated rings. The van der Waals surface area contributed by atoms with Crippen LogP contribution in [0.3, 0.4) is 0 Å². The Morgan fingerprint density at radius 1 is 1.15 bits per heavy atom. The third kappa shape index (κ3) is 3.96. The minimum atomic E-state index is -5.20. The number of esters is 2. The number of nitrogens with zero attached hydrogens (tertiary/aromatic N) is 6. The molecule has 3 aromatic heterocycles. The molecule has 0 aromatic carbocycles. The number of hydrogen-bond acceptors (Lipinski definition) is 7. The molecule has 26 heavy (non-hydrogen) atoms. The number of carbonyl (C=O) groups is 2. The van der Waals surface area contributed by atoms with Gasteiger partial charge in [-0.05, 0) is 22.6 Å². The van der Waals surface area contributed by atoms with Gasteiger partial charge in [0.25, 0.3) is 0 Å². The molecule has 134 valence electrons. The molecule has 0 saturated carbocycles. The summed E-state index contributed by atoms with van der Waals surface area (Å²) in [7, 11) is 0. The zero-order chi connectivity index (χ0) is 18.7. The van der Waals surface area contributed by atoms with Crippen LogP contribution in [0.4, 0.5) is 13.2 Å². The van der Waals surface area contributed by atoms with Gasteiger partial charge in [-0.15, -0.1) is 14.8 Å². The van der Waals surface area contributed by atoms with Crippen LogP contribution in [-0.2, 0) is 20.9 Å². The van der Waals surface area contributed by atoms with Crippen molar-refractivity contribution in [2.45, 2.75) is 19.1 Å². The van der Waals surface area contributed by atoms with Crippen LogP contribution in [0.15, 0.2) is 36.7 Å². The Bertz CT molecular complexity index is 954. The third-order valence-corrected chi connectivity index (χ3v) is 3.27. The Morgan fingerprint density at radius 3 is 2.58 bits per heavy atom. The van der Waals surface area contributed by atoms with Crippen LogP contribution in [-0.4, -0.2) is 43.4 Å². The van der Waals surface area contributed by atoms with E-state index in [1.807, 2.05) is 0 Å². The van der Waals surface area contributed by atoms with E-state index in [-0.39, 0.29) is 13.0 Å². The SMILES string of the molecule is O=C(CC[n+]1ccc(-c2ccc3nnnn3n2)cc1)OC(=O)C(F)(F)F. The van der Waals surface area contributed by atoms with Crippen molar-refractivity contribution in [3.05, 3.63) is 36.7 Å². The minimum Gasteiger partial charge on any atom is -0.386 e. The molecule has 0 spiro atoms. The molecule has 0 amide bonds. The molecule has 0 aliphatic carbocycles. The number of aryl methyl sites for hydroxylation is 1. The van der Waals surface area contributed by atoms with Crippen LogP contribution in [0.2, 0.25) is 0 Å². The summed E-state index contributed by atoms with van der Waals surface area (Å²) in [5, 5.41) is 15.1. The summed E-state index contributed by atoms with van der Waals surface area (Å²) in [6, 6.07) is 6.82. The van der Waals surface area contributed by atoms with Crippen LogP contribution in [0.1, 0.15) is 6.42 Å². The quantitative estimate of drug-likeness (QED) is 0.376. The fraction of sp³-hybridized carbons (Fsp3) is 0.214. The number of tetrazole rings is 1. The molecular weight excluding hydrogens is 357 g/mol. The van der Waals surface area contributed by atoms with Crippen LogP contribution in [0.25, 0.3) is 16.9 Å². The van der Waals surface area contributed by atoms with E-state index in [1.165, 1.54) is 4.63 Å². The minimum absolute atomic E-state index is 0.0453. The highest BCUT2D eigenvalue weighted by Crippen LogP contribution is 2.17. The Balaban J connectivity index is 1.61. The van der Waals surface area contributed by atoms with Gasteiger partial charge in [0, 0.05) is 17.7 Å². The van der Waals surface area contributed by atoms with Crippen molar-refractivity contribution in [3.63, 3.8) is 0 Å². The highest BCUT2D eigenvalue weighted by Gasteiger charge is 2.42. The van der Waals surface area contributed by atoms with E-state index in [9.17, 15) is 22.8 Å². The molecule has 0 radical (unpaired) electrons. The van der Waals surface area contributed by atoms with Crippen molar-refractivity contribution in [1.82, 2.24) is 25.3 Å². The molecule has 0 saturated heterocycles. The largest absolute Gasteiger partial charge is 0.491 e. The lowest BCUT2D eigenvalue weighted by molar-refractivity contribution is -0.695. The maximum atomic E-state index is 12.0. The fourth-order valence-electron chi connectivity index (χ4n) is 2.01. The molecular formula is C14H10F3N6O3+. The van der Waals surface area contributed by atoms with E-state index in [1.54, 1.807) is 41.2 Å². The van der Waals surface area contributed by atoms with Crippen molar-refractivity contribution in [2.24, 2.45) is 0 Å². The van der Waals surface area contributed by atoms with Gasteiger partial charge in [0.1, 0.15) is 6.42 Å². The highest BCUT2D eigenvalue weighted by molar-refractivity contribution is 5.88. The number of halogens is 3. The second-order valence-electron chi connectivity index (χ2n) is 5.08. The normalized spacial score (nSPS) is 11.5. The van der Waals surface area contributed by atoms with E-state index < -0.39 is 18.1 Å². The Morgan fingerprint density at radius 2 is 1.88 bits per heavy atom. The number of fused-ring (bicyclic) bond motifs is 1. The van der Waals surface area contributed by atoms with Crippen molar-refractivity contribution in [2.75, 3.05) is 0 Å². The molecule has 0 N–H and O–H groups in total. The standard InChI is InChI=1S/C14H10F3N6O3/c15-14(16,17)13(25)26-12(24)5-8-22-6-3-9(4-7-22)10-1-2-11-18-20-21-23(11)19-10/h1-4,6-7H,5,8H2/q+1. The summed E-state index contributed by atoms with van der Waals surface area (Å²) in [6.07, 6.45) is -2.36. The molecule has 12 heteroatoms. The predicted molar refractivity (Wildman–Crippen MR) is 76.0 cm³/mol. The highest BCUT2D eigenvalue weighted by atomic mass is 19.4. The lowest BCUT2D eigenvalue weighted by Gasteiger charge is -2.04. The molecule has 3 heterocycles. The fourth-order valence-corrected chi connectivity index (χ4v) is 2.01. The Kier molecular flexibility index (Phi) is 4.56.